The SMILES string of the molecule is C=CC(CC)N=C(C)/C=C\C=C(/CCC)C(C)C. The van der Waals surface area contributed by atoms with E-state index < -0.39 is 0 Å². The Labute approximate surface area is 113 Å². The van der Waals surface area contributed by atoms with Crippen LogP contribution in [-0.2, 0) is 0 Å². The average molecular weight is 247 g/mol. The van der Waals surface area contributed by atoms with Crippen molar-refractivity contribution in [3.05, 3.63) is 36.5 Å². The van der Waals surface area contributed by atoms with Crippen molar-refractivity contribution in [1.82, 2.24) is 0 Å². The highest BCUT2D eigenvalue weighted by Crippen LogP contribution is 2.15. The van der Waals surface area contributed by atoms with E-state index in [1.54, 1.807) is 0 Å². The van der Waals surface area contributed by atoms with Crippen LogP contribution in [0, 0.1) is 5.92 Å². The van der Waals surface area contributed by atoms with Gasteiger partial charge in [0.2, 0.25) is 0 Å². The Hall–Kier alpha value is -1.11. The molecule has 0 saturated carbocycles. The largest absolute Gasteiger partial charge is 0.283 e. The fraction of sp³-hybridized carbons (Fsp3) is 0.588. The van der Waals surface area contributed by atoms with Crippen LogP contribution in [0.4, 0.5) is 0 Å². The summed E-state index contributed by atoms with van der Waals surface area (Å²) in [5, 5.41) is 0. The van der Waals surface area contributed by atoms with E-state index in [0.29, 0.717) is 5.92 Å². The van der Waals surface area contributed by atoms with Gasteiger partial charge < -0.3 is 0 Å². The third-order valence-electron chi connectivity index (χ3n) is 2.99. The highest BCUT2D eigenvalue weighted by Gasteiger charge is 2.00. The maximum absolute atomic E-state index is 4.58. The van der Waals surface area contributed by atoms with Gasteiger partial charge in [-0.25, -0.2) is 0 Å². The molecule has 1 heteroatoms. The summed E-state index contributed by atoms with van der Waals surface area (Å²) in [6, 6.07) is 0.249. The monoisotopic (exact) mass is 247 g/mol. The zero-order valence-electron chi connectivity index (χ0n) is 12.7. The van der Waals surface area contributed by atoms with Gasteiger partial charge in [-0.3, -0.25) is 4.99 Å². The van der Waals surface area contributed by atoms with Crippen LogP contribution in [0.2, 0.25) is 0 Å². The minimum absolute atomic E-state index is 0.249. The second-order valence-electron chi connectivity index (χ2n) is 4.99. The van der Waals surface area contributed by atoms with Gasteiger partial charge in [0.1, 0.15) is 0 Å². The summed E-state index contributed by atoms with van der Waals surface area (Å²) >= 11 is 0. The van der Waals surface area contributed by atoms with Gasteiger partial charge in [0, 0.05) is 5.71 Å². The van der Waals surface area contributed by atoms with Crippen LogP contribution in [0.5, 0.6) is 0 Å². The molecule has 0 aliphatic carbocycles. The first kappa shape index (κ1) is 16.9. The maximum Gasteiger partial charge on any atom is 0.0677 e. The van der Waals surface area contributed by atoms with Gasteiger partial charge in [-0.05, 0) is 31.8 Å². The van der Waals surface area contributed by atoms with Gasteiger partial charge >= 0.3 is 0 Å². The molecule has 0 spiro atoms. The fourth-order valence-electron chi connectivity index (χ4n) is 1.78. The van der Waals surface area contributed by atoms with E-state index in [0.717, 1.165) is 12.1 Å². The molecule has 0 aliphatic rings. The van der Waals surface area contributed by atoms with Gasteiger partial charge in [-0.15, -0.1) is 6.58 Å². The fourth-order valence-corrected chi connectivity index (χ4v) is 1.78. The summed E-state index contributed by atoms with van der Waals surface area (Å²) in [5.41, 5.74) is 2.58. The molecule has 0 aromatic rings. The zero-order chi connectivity index (χ0) is 14.0. The molecule has 0 aliphatic heterocycles. The lowest BCUT2D eigenvalue weighted by Gasteiger charge is -2.08. The molecule has 0 saturated heterocycles. The van der Waals surface area contributed by atoms with Crippen molar-refractivity contribution in [2.75, 3.05) is 0 Å². The van der Waals surface area contributed by atoms with E-state index >= 15 is 0 Å². The standard InChI is InChI=1S/C17H29N/c1-7-11-16(14(4)5)13-10-12-15(6)18-17(8-2)9-3/h8,10,12-14,17H,2,7,9,11H2,1,3-6H3/b12-10-,16-13+,18-15?. The van der Waals surface area contributed by atoms with E-state index in [1.807, 2.05) is 13.0 Å². The van der Waals surface area contributed by atoms with E-state index in [2.05, 4.69) is 57.5 Å². The van der Waals surface area contributed by atoms with Gasteiger partial charge in [-0.1, -0.05) is 57.9 Å². The zero-order valence-corrected chi connectivity index (χ0v) is 12.7. The van der Waals surface area contributed by atoms with E-state index in [9.17, 15) is 0 Å². The van der Waals surface area contributed by atoms with Crippen molar-refractivity contribution < 1.29 is 0 Å². The molecule has 1 nitrogen and oxygen atoms in total. The lowest BCUT2D eigenvalue weighted by molar-refractivity contribution is 0.702. The Bertz CT molecular complexity index is 319. The number of hydrogen-bond donors (Lipinski definition) is 0. The molecular formula is C17H29N. The molecule has 0 amide bonds. The maximum atomic E-state index is 4.58. The van der Waals surface area contributed by atoms with Crippen LogP contribution in [0.1, 0.15) is 53.9 Å². The molecule has 0 rings (SSSR count). The van der Waals surface area contributed by atoms with Gasteiger partial charge in [0.25, 0.3) is 0 Å². The molecule has 0 heterocycles. The van der Waals surface area contributed by atoms with Crippen molar-refractivity contribution in [2.24, 2.45) is 10.9 Å². The van der Waals surface area contributed by atoms with Crippen LogP contribution in [0.3, 0.4) is 0 Å². The topological polar surface area (TPSA) is 12.4 Å². The van der Waals surface area contributed by atoms with Crippen LogP contribution in [0.15, 0.2) is 41.4 Å². The first-order valence-corrected chi connectivity index (χ1v) is 7.09. The Kier molecular flexibility index (Phi) is 9.26. The second-order valence-corrected chi connectivity index (χ2v) is 4.99. The van der Waals surface area contributed by atoms with Gasteiger partial charge in [0.15, 0.2) is 0 Å². The Balaban J connectivity index is 4.62. The predicted octanol–water partition coefficient (Wildman–Crippen LogP) is 5.35. The Morgan fingerprint density at radius 3 is 2.39 bits per heavy atom. The normalized spacial score (nSPS) is 15.4. The molecule has 0 radical (unpaired) electrons. The van der Waals surface area contributed by atoms with Crippen LogP contribution >= 0.6 is 0 Å². The van der Waals surface area contributed by atoms with Crippen LogP contribution in [0.25, 0.3) is 0 Å². The predicted molar refractivity (Wildman–Crippen MR) is 84.4 cm³/mol. The van der Waals surface area contributed by atoms with Gasteiger partial charge in [-0.2, -0.15) is 0 Å². The molecule has 1 atom stereocenters. The number of nitrogens with zero attached hydrogens (tertiary/aromatic N) is 1. The summed E-state index contributed by atoms with van der Waals surface area (Å²) in [6.07, 6.45) is 11.8. The summed E-state index contributed by atoms with van der Waals surface area (Å²) in [6.45, 7) is 14.7. The van der Waals surface area contributed by atoms with Crippen LogP contribution in [-0.4, -0.2) is 11.8 Å². The average Bonchev–Trinajstić information content (AvgIpc) is 2.34. The molecular weight excluding hydrogens is 218 g/mol. The second kappa shape index (κ2) is 9.87. The van der Waals surface area contributed by atoms with E-state index in [-0.39, 0.29) is 6.04 Å². The molecule has 0 N–H and O–H groups in total. The summed E-state index contributed by atoms with van der Waals surface area (Å²) < 4.78 is 0. The summed E-state index contributed by atoms with van der Waals surface area (Å²) in [5.74, 6) is 0.628. The molecule has 0 bridgehead atoms. The molecule has 0 aromatic heterocycles. The van der Waals surface area contributed by atoms with Crippen molar-refractivity contribution in [1.29, 1.82) is 0 Å². The van der Waals surface area contributed by atoms with E-state index in [4.69, 9.17) is 0 Å². The third-order valence-corrected chi connectivity index (χ3v) is 2.99. The molecule has 0 fully saturated rings. The van der Waals surface area contributed by atoms with Gasteiger partial charge in [0.05, 0.1) is 6.04 Å². The molecule has 102 valence electrons. The number of aliphatic imine (C=N–C) groups is 1. The smallest absolute Gasteiger partial charge is 0.0677 e. The first-order valence-electron chi connectivity index (χ1n) is 7.09. The van der Waals surface area contributed by atoms with Crippen molar-refractivity contribution in [3.8, 4) is 0 Å². The molecule has 1 unspecified atom stereocenters. The van der Waals surface area contributed by atoms with Crippen molar-refractivity contribution in [2.45, 2.75) is 59.9 Å². The lowest BCUT2D eigenvalue weighted by atomic mass is 9.98. The highest BCUT2D eigenvalue weighted by molar-refractivity contribution is 5.93. The minimum Gasteiger partial charge on any atom is -0.283 e. The van der Waals surface area contributed by atoms with Crippen molar-refractivity contribution in [3.63, 3.8) is 0 Å². The molecule has 18 heavy (non-hydrogen) atoms. The summed E-state index contributed by atoms with van der Waals surface area (Å²) in [4.78, 5) is 4.58. The quantitative estimate of drug-likeness (QED) is 0.311. The Morgan fingerprint density at radius 1 is 1.28 bits per heavy atom. The third kappa shape index (κ3) is 7.26. The number of rotatable bonds is 8. The number of hydrogen-bond acceptors (Lipinski definition) is 1. The molecule has 0 aromatic carbocycles. The number of allylic oxidation sites excluding steroid dienone is 4. The minimum atomic E-state index is 0.249. The van der Waals surface area contributed by atoms with Crippen LogP contribution < -0.4 is 0 Å². The van der Waals surface area contributed by atoms with E-state index in [1.165, 1.54) is 18.4 Å². The lowest BCUT2D eigenvalue weighted by Crippen LogP contribution is -2.00. The van der Waals surface area contributed by atoms with Crippen molar-refractivity contribution >= 4 is 5.71 Å². The first-order chi connectivity index (χ1) is 8.54. The highest BCUT2D eigenvalue weighted by atomic mass is 14.8. The summed E-state index contributed by atoms with van der Waals surface area (Å²) in [7, 11) is 0. The Morgan fingerprint density at radius 2 is 1.94 bits per heavy atom.